The SMILES string of the molecule is C[Si](C)(C)C#CCC[C@@H]1[C@H]2C[C@@]2(O[Si](C)(C)C)CCC12OCCO2. The lowest BCUT2D eigenvalue weighted by atomic mass is 9.79. The first-order valence-electron chi connectivity index (χ1n) is 9.54. The van der Waals surface area contributed by atoms with Gasteiger partial charge >= 0.3 is 0 Å². The monoisotopic (exact) mass is 366 g/mol. The zero-order valence-electron chi connectivity index (χ0n) is 16.3. The lowest BCUT2D eigenvalue weighted by molar-refractivity contribution is -0.225. The third-order valence-electron chi connectivity index (χ3n) is 5.36. The second-order valence-electron chi connectivity index (χ2n) is 9.80. The van der Waals surface area contributed by atoms with Gasteiger partial charge in [0.25, 0.3) is 0 Å². The normalized spacial score (nSPS) is 34.6. The van der Waals surface area contributed by atoms with Crippen LogP contribution in [-0.4, -0.2) is 41.0 Å². The van der Waals surface area contributed by atoms with Gasteiger partial charge in [0.1, 0.15) is 8.07 Å². The van der Waals surface area contributed by atoms with Crippen molar-refractivity contribution in [1.29, 1.82) is 0 Å². The third kappa shape index (κ3) is 3.99. The molecular formula is C19H34O3Si2. The lowest BCUT2D eigenvalue weighted by Gasteiger charge is -2.43. The van der Waals surface area contributed by atoms with Gasteiger partial charge in [-0.25, -0.2) is 0 Å². The summed E-state index contributed by atoms with van der Waals surface area (Å²) < 4.78 is 18.9. The highest BCUT2D eigenvalue weighted by molar-refractivity contribution is 6.83. The topological polar surface area (TPSA) is 27.7 Å². The van der Waals surface area contributed by atoms with E-state index in [9.17, 15) is 0 Å². The van der Waals surface area contributed by atoms with Crippen molar-refractivity contribution in [1.82, 2.24) is 0 Å². The van der Waals surface area contributed by atoms with E-state index in [1.54, 1.807) is 0 Å². The molecule has 2 aliphatic carbocycles. The van der Waals surface area contributed by atoms with Crippen molar-refractivity contribution in [3.63, 3.8) is 0 Å². The van der Waals surface area contributed by atoms with Crippen molar-refractivity contribution in [2.75, 3.05) is 13.2 Å². The van der Waals surface area contributed by atoms with Gasteiger partial charge in [0.2, 0.25) is 0 Å². The average Bonchev–Trinajstić information content (AvgIpc) is 2.91. The van der Waals surface area contributed by atoms with Crippen LogP contribution in [0.4, 0.5) is 0 Å². The summed E-state index contributed by atoms with van der Waals surface area (Å²) in [7, 11) is -2.80. The highest BCUT2D eigenvalue weighted by atomic mass is 28.4. The fourth-order valence-corrected chi connectivity index (χ4v) is 6.78. The van der Waals surface area contributed by atoms with Crippen LogP contribution in [0, 0.1) is 23.3 Å². The molecular weight excluding hydrogens is 332 g/mol. The van der Waals surface area contributed by atoms with Crippen LogP contribution < -0.4 is 0 Å². The van der Waals surface area contributed by atoms with Crippen LogP contribution >= 0.6 is 0 Å². The Morgan fingerprint density at radius 1 is 1.04 bits per heavy atom. The summed E-state index contributed by atoms with van der Waals surface area (Å²) in [6.45, 7) is 15.3. The van der Waals surface area contributed by atoms with Crippen LogP contribution in [0.5, 0.6) is 0 Å². The predicted octanol–water partition coefficient (Wildman–Crippen LogP) is 4.41. The summed E-state index contributed by atoms with van der Waals surface area (Å²) in [4.78, 5) is 0. The Morgan fingerprint density at radius 3 is 2.29 bits per heavy atom. The average molecular weight is 367 g/mol. The molecule has 0 bridgehead atoms. The fourth-order valence-electron chi connectivity index (χ4n) is 4.57. The number of rotatable bonds is 4. The van der Waals surface area contributed by atoms with E-state index in [0.29, 0.717) is 11.8 Å². The number of hydrogen-bond donors (Lipinski definition) is 0. The van der Waals surface area contributed by atoms with Gasteiger partial charge in [-0.3, -0.25) is 0 Å². The second kappa shape index (κ2) is 6.24. The Morgan fingerprint density at radius 2 is 1.71 bits per heavy atom. The van der Waals surface area contributed by atoms with Crippen molar-refractivity contribution in [3.8, 4) is 11.5 Å². The second-order valence-corrected chi connectivity index (χ2v) is 19.0. The summed E-state index contributed by atoms with van der Waals surface area (Å²) in [5.74, 6) is 4.16. The minimum Gasteiger partial charge on any atom is -0.412 e. The zero-order valence-corrected chi connectivity index (χ0v) is 18.3. The molecule has 1 spiro atoms. The molecule has 0 aromatic carbocycles. The standard InChI is InChI=1S/C19H34O3Si2/c1-23(2,3)14-8-7-9-16-17-15-18(17,22-24(4,5)6)10-11-19(16)20-12-13-21-19/h16-17H,7,9-13,15H2,1-6H3/t16-,17-,18+/m1/s1. The van der Waals surface area contributed by atoms with Gasteiger partial charge < -0.3 is 13.9 Å². The van der Waals surface area contributed by atoms with Crippen molar-refractivity contribution >= 4 is 16.4 Å². The zero-order chi connectivity index (χ0) is 17.6. The Balaban J connectivity index is 1.71. The highest BCUT2D eigenvalue weighted by Crippen LogP contribution is 2.64. The number of ether oxygens (including phenoxy) is 2. The third-order valence-corrected chi connectivity index (χ3v) is 7.30. The molecule has 3 atom stereocenters. The summed E-state index contributed by atoms with van der Waals surface area (Å²) in [5, 5.41) is 0. The van der Waals surface area contributed by atoms with Crippen molar-refractivity contribution in [2.45, 2.75) is 82.8 Å². The molecule has 0 amide bonds. The minimum atomic E-state index is -1.52. The van der Waals surface area contributed by atoms with Crippen LogP contribution in [0.25, 0.3) is 0 Å². The lowest BCUT2D eigenvalue weighted by Crippen LogP contribution is -2.49. The maximum absolute atomic E-state index is 6.63. The van der Waals surface area contributed by atoms with Crippen molar-refractivity contribution in [3.05, 3.63) is 0 Å². The van der Waals surface area contributed by atoms with E-state index in [2.05, 4.69) is 50.7 Å². The molecule has 5 heteroatoms. The molecule has 0 radical (unpaired) electrons. The summed E-state index contributed by atoms with van der Waals surface area (Å²) in [6.07, 6.45) is 5.32. The molecule has 0 aromatic rings. The Labute approximate surface area is 150 Å². The molecule has 0 aromatic heterocycles. The van der Waals surface area contributed by atoms with E-state index in [4.69, 9.17) is 13.9 Å². The van der Waals surface area contributed by atoms with Gasteiger partial charge in [-0.15, -0.1) is 11.5 Å². The molecule has 1 heterocycles. The van der Waals surface area contributed by atoms with E-state index in [0.717, 1.165) is 38.9 Å². The highest BCUT2D eigenvalue weighted by Gasteiger charge is 2.68. The van der Waals surface area contributed by atoms with E-state index >= 15 is 0 Å². The number of hydrogen-bond acceptors (Lipinski definition) is 3. The molecule has 3 fully saturated rings. The van der Waals surface area contributed by atoms with Crippen LogP contribution in [0.3, 0.4) is 0 Å². The summed E-state index contributed by atoms with van der Waals surface area (Å²) in [6, 6.07) is 0. The first-order chi connectivity index (χ1) is 11.1. The van der Waals surface area contributed by atoms with Crippen molar-refractivity contribution < 1.29 is 13.9 Å². The Bertz CT molecular complexity index is 532. The summed E-state index contributed by atoms with van der Waals surface area (Å²) in [5.41, 5.74) is 3.63. The van der Waals surface area contributed by atoms with Gasteiger partial charge in [0.05, 0.1) is 18.8 Å². The van der Waals surface area contributed by atoms with Gasteiger partial charge in [0, 0.05) is 18.8 Å². The molecule has 0 N–H and O–H groups in total. The maximum atomic E-state index is 6.63. The molecule has 1 saturated heterocycles. The molecule has 3 aliphatic rings. The molecule has 0 unspecified atom stereocenters. The molecule has 1 aliphatic heterocycles. The van der Waals surface area contributed by atoms with Crippen LogP contribution in [-0.2, 0) is 13.9 Å². The Hall–Kier alpha value is -0.126. The molecule has 3 rings (SSSR count). The molecule has 24 heavy (non-hydrogen) atoms. The van der Waals surface area contributed by atoms with Crippen LogP contribution in [0.1, 0.15) is 32.1 Å². The smallest absolute Gasteiger partial charge is 0.184 e. The van der Waals surface area contributed by atoms with E-state index in [-0.39, 0.29) is 11.4 Å². The van der Waals surface area contributed by atoms with Gasteiger partial charge in [-0.2, -0.15) is 0 Å². The van der Waals surface area contributed by atoms with Gasteiger partial charge in [-0.1, -0.05) is 19.6 Å². The predicted molar refractivity (Wildman–Crippen MR) is 103 cm³/mol. The van der Waals surface area contributed by atoms with E-state index in [1.807, 2.05) is 0 Å². The van der Waals surface area contributed by atoms with E-state index in [1.165, 1.54) is 6.42 Å². The molecule has 136 valence electrons. The first kappa shape index (κ1) is 18.7. The maximum Gasteiger partial charge on any atom is 0.184 e. The first-order valence-corrected chi connectivity index (χ1v) is 16.4. The van der Waals surface area contributed by atoms with Crippen LogP contribution in [0.15, 0.2) is 0 Å². The van der Waals surface area contributed by atoms with Crippen molar-refractivity contribution in [2.24, 2.45) is 11.8 Å². The van der Waals surface area contributed by atoms with Crippen LogP contribution in [0.2, 0.25) is 39.3 Å². The minimum absolute atomic E-state index is 0.127. The summed E-state index contributed by atoms with van der Waals surface area (Å²) >= 11 is 0. The molecule has 2 saturated carbocycles. The largest absolute Gasteiger partial charge is 0.412 e. The quantitative estimate of drug-likeness (QED) is 0.545. The van der Waals surface area contributed by atoms with Gasteiger partial charge in [-0.05, 0) is 44.8 Å². The van der Waals surface area contributed by atoms with Gasteiger partial charge in [0.15, 0.2) is 14.1 Å². The molecule has 3 nitrogen and oxygen atoms in total. The van der Waals surface area contributed by atoms with E-state index < -0.39 is 16.4 Å². The fraction of sp³-hybridized carbons (Fsp3) is 0.895. The number of fused-ring (bicyclic) bond motifs is 1. The Kier molecular flexibility index (Phi) is 4.85.